The van der Waals surface area contributed by atoms with Crippen LogP contribution in [-0.2, 0) is 9.53 Å². The molecule has 0 saturated carbocycles. The van der Waals surface area contributed by atoms with Crippen molar-refractivity contribution in [1.82, 2.24) is 9.80 Å². The Bertz CT molecular complexity index is 1020. The van der Waals surface area contributed by atoms with E-state index in [1.165, 1.54) is 6.07 Å². The van der Waals surface area contributed by atoms with Crippen LogP contribution in [0.5, 0.6) is 0 Å². The summed E-state index contributed by atoms with van der Waals surface area (Å²) in [6, 6.07) is 13.3. The molecule has 3 fully saturated rings. The number of amides is 2. The zero-order chi connectivity index (χ0) is 21.0. The summed E-state index contributed by atoms with van der Waals surface area (Å²) in [4.78, 5) is 30.2. The fourth-order valence-corrected chi connectivity index (χ4v) is 5.35. The number of hydrogen-bond acceptors (Lipinski definition) is 3. The van der Waals surface area contributed by atoms with E-state index >= 15 is 0 Å². The lowest BCUT2D eigenvalue weighted by atomic mass is 9.97. The highest BCUT2D eigenvalue weighted by molar-refractivity contribution is 6.02. The van der Waals surface area contributed by atoms with Crippen molar-refractivity contribution in [1.29, 1.82) is 0 Å². The van der Waals surface area contributed by atoms with Gasteiger partial charge in [-0.1, -0.05) is 50.2 Å². The standard InChI is InChI=1S/C24H25FN2O3/c1-15(2)20-14-30-24-11-12-26(21(24)13-22(28)27(20)24)23(29)18-9-4-3-7-16(18)17-8-5-6-10-19(17)25/h3-10,15,20-21H,11-14H2,1-2H3/t20-,21+,24-/m0/s1. The largest absolute Gasteiger partial charge is 0.351 e. The first kappa shape index (κ1) is 19.2. The average molecular weight is 408 g/mol. The van der Waals surface area contributed by atoms with Gasteiger partial charge in [-0.3, -0.25) is 9.59 Å². The number of hydrogen-bond donors (Lipinski definition) is 0. The first-order valence-corrected chi connectivity index (χ1v) is 10.5. The van der Waals surface area contributed by atoms with Gasteiger partial charge in [0.2, 0.25) is 5.91 Å². The second-order valence-electron chi connectivity index (χ2n) is 8.72. The highest BCUT2D eigenvalue weighted by Crippen LogP contribution is 2.49. The maximum Gasteiger partial charge on any atom is 0.254 e. The highest BCUT2D eigenvalue weighted by atomic mass is 19.1. The topological polar surface area (TPSA) is 49.9 Å². The summed E-state index contributed by atoms with van der Waals surface area (Å²) in [5.74, 6) is -0.201. The van der Waals surface area contributed by atoms with E-state index in [0.717, 1.165) is 0 Å². The van der Waals surface area contributed by atoms with Crippen molar-refractivity contribution in [2.24, 2.45) is 5.92 Å². The third kappa shape index (κ3) is 2.63. The van der Waals surface area contributed by atoms with Gasteiger partial charge in [0.25, 0.3) is 5.91 Å². The van der Waals surface area contributed by atoms with Crippen LogP contribution in [0.3, 0.4) is 0 Å². The Labute approximate surface area is 175 Å². The Kier molecular flexibility index (Phi) is 4.43. The van der Waals surface area contributed by atoms with Crippen LogP contribution in [0, 0.1) is 11.7 Å². The summed E-state index contributed by atoms with van der Waals surface area (Å²) in [7, 11) is 0. The van der Waals surface area contributed by atoms with Gasteiger partial charge >= 0.3 is 0 Å². The van der Waals surface area contributed by atoms with Crippen LogP contribution in [0.4, 0.5) is 4.39 Å². The SMILES string of the molecule is CC(C)[C@@H]1CO[C@@]23CCN(C(=O)c4ccccc4-c4ccccc4F)[C@@H]2CC(=O)N13. The van der Waals surface area contributed by atoms with Crippen molar-refractivity contribution < 1.29 is 18.7 Å². The maximum atomic E-state index is 14.5. The number of nitrogens with zero attached hydrogens (tertiary/aromatic N) is 2. The fourth-order valence-electron chi connectivity index (χ4n) is 5.35. The van der Waals surface area contributed by atoms with E-state index in [2.05, 4.69) is 13.8 Å². The van der Waals surface area contributed by atoms with E-state index in [1.54, 1.807) is 47.4 Å². The number of rotatable bonds is 3. The summed E-state index contributed by atoms with van der Waals surface area (Å²) in [6.07, 6.45) is 0.886. The third-order valence-electron chi connectivity index (χ3n) is 6.84. The molecule has 3 saturated heterocycles. The van der Waals surface area contributed by atoms with Gasteiger partial charge in [-0.15, -0.1) is 0 Å². The van der Waals surface area contributed by atoms with E-state index in [-0.39, 0.29) is 36.1 Å². The number of ether oxygens (including phenoxy) is 1. The van der Waals surface area contributed by atoms with E-state index in [4.69, 9.17) is 4.74 Å². The minimum atomic E-state index is -0.714. The van der Waals surface area contributed by atoms with Crippen LogP contribution >= 0.6 is 0 Å². The molecule has 0 bridgehead atoms. The van der Waals surface area contributed by atoms with Gasteiger partial charge in [-0.05, 0) is 23.6 Å². The molecule has 0 aromatic heterocycles. The molecule has 3 aliphatic heterocycles. The van der Waals surface area contributed by atoms with Crippen LogP contribution in [-0.4, -0.2) is 52.6 Å². The van der Waals surface area contributed by atoms with Crippen LogP contribution in [0.2, 0.25) is 0 Å². The van der Waals surface area contributed by atoms with E-state index in [1.807, 2.05) is 4.90 Å². The Balaban J connectivity index is 1.50. The Morgan fingerprint density at radius 3 is 2.57 bits per heavy atom. The molecule has 0 N–H and O–H groups in total. The highest BCUT2D eigenvalue weighted by Gasteiger charge is 2.65. The van der Waals surface area contributed by atoms with Gasteiger partial charge in [0.1, 0.15) is 5.82 Å². The molecule has 0 aliphatic carbocycles. The van der Waals surface area contributed by atoms with Crippen LogP contribution in [0.1, 0.15) is 37.0 Å². The summed E-state index contributed by atoms with van der Waals surface area (Å²) in [5.41, 5.74) is 0.699. The van der Waals surface area contributed by atoms with Crippen molar-refractivity contribution >= 4 is 11.8 Å². The summed E-state index contributed by atoms with van der Waals surface area (Å²) in [6.45, 7) is 5.21. The van der Waals surface area contributed by atoms with Gasteiger partial charge in [0.15, 0.2) is 5.72 Å². The molecule has 0 unspecified atom stereocenters. The molecule has 5 rings (SSSR count). The van der Waals surface area contributed by atoms with Gasteiger partial charge in [-0.25, -0.2) is 4.39 Å². The molecule has 156 valence electrons. The van der Waals surface area contributed by atoms with Crippen LogP contribution < -0.4 is 0 Å². The third-order valence-corrected chi connectivity index (χ3v) is 6.84. The number of likely N-dealkylation sites (tertiary alicyclic amines) is 1. The molecule has 3 atom stereocenters. The minimum absolute atomic E-state index is 0.0447. The van der Waals surface area contributed by atoms with E-state index in [9.17, 15) is 14.0 Å². The monoisotopic (exact) mass is 408 g/mol. The maximum absolute atomic E-state index is 14.5. The second kappa shape index (κ2) is 6.91. The molecule has 30 heavy (non-hydrogen) atoms. The van der Waals surface area contributed by atoms with Crippen molar-refractivity contribution in [2.45, 2.75) is 44.5 Å². The fraction of sp³-hybridized carbons (Fsp3) is 0.417. The number of benzene rings is 2. The van der Waals surface area contributed by atoms with Gasteiger partial charge < -0.3 is 14.5 Å². The Morgan fingerprint density at radius 1 is 1.13 bits per heavy atom. The first-order valence-electron chi connectivity index (χ1n) is 10.5. The lowest BCUT2D eigenvalue weighted by Crippen LogP contribution is -2.51. The molecule has 2 aromatic carbocycles. The Hall–Kier alpha value is -2.73. The predicted molar refractivity (Wildman–Crippen MR) is 110 cm³/mol. The normalized spacial score (nSPS) is 27.7. The second-order valence-corrected chi connectivity index (χ2v) is 8.72. The summed E-state index contributed by atoms with van der Waals surface area (Å²) >= 11 is 0. The zero-order valence-electron chi connectivity index (χ0n) is 17.2. The lowest BCUT2D eigenvalue weighted by Gasteiger charge is -2.34. The van der Waals surface area contributed by atoms with Crippen molar-refractivity contribution in [2.75, 3.05) is 13.2 Å². The van der Waals surface area contributed by atoms with Gasteiger partial charge in [0.05, 0.1) is 25.1 Å². The minimum Gasteiger partial charge on any atom is -0.351 e. The van der Waals surface area contributed by atoms with Gasteiger partial charge in [-0.2, -0.15) is 0 Å². The molecule has 6 heteroatoms. The number of carbonyl (C=O) groups is 2. The number of carbonyl (C=O) groups excluding carboxylic acids is 2. The molecule has 5 nitrogen and oxygen atoms in total. The quantitative estimate of drug-likeness (QED) is 0.778. The molecular weight excluding hydrogens is 383 g/mol. The van der Waals surface area contributed by atoms with Crippen molar-refractivity contribution in [3.05, 3.63) is 59.9 Å². The molecular formula is C24H25FN2O3. The summed E-state index contributed by atoms with van der Waals surface area (Å²) in [5, 5.41) is 0. The molecule has 0 radical (unpaired) electrons. The van der Waals surface area contributed by atoms with Crippen molar-refractivity contribution in [3.8, 4) is 11.1 Å². The predicted octanol–water partition coefficient (Wildman–Crippen LogP) is 3.69. The summed E-state index contributed by atoms with van der Waals surface area (Å²) < 4.78 is 20.7. The molecule has 3 heterocycles. The van der Waals surface area contributed by atoms with E-state index < -0.39 is 5.72 Å². The number of halogens is 1. The van der Waals surface area contributed by atoms with Crippen LogP contribution in [0.15, 0.2) is 48.5 Å². The molecule has 3 aliphatic rings. The smallest absolute Gasteiger partial charge is 0.254 e. The molecule has 2 amide bonds. The zero-order valence-corrected chi connectivity index (χ0v) is 17.2. The van der Waals surface area contributed by atoms with Crippen LogP contribution in [0.25, 0.3) is 11.1 Å². The van der Waals surface area contributed by atoms with Crippen molar-refractivity contribution in [3.63, 3.8) is 0 Å². The van der Waals surface area contributed by atoms with E-state index in [0.29, 0.717) is 42.2 Å². The molecule has 2 aromatic rings. The first-order chi connectivity index (χ1) is 14.4. The average Bonchev–Trinajstić information content (AvgIpc) is 3.37. The Morgan fingerprint density at radius 2 is 1.83 bits per heavy atom. The molecule has 1 spiro atoms. The lowest BCUT2D eigenvalue weighted by molar-refractivity contribution is -0.139. The van der Waals surface area contributed by atoms with Gasteiger partial charge in [0, 0.05) is 24.1 Å².